The third-order valence-corrected chi connectivity index (χ3v) is 9.57. The monoisotopic (exact) mass is 508 g/mol. The van der Waals surface area contributed by atoms with Crippen molar-refractivity contribution in [3.8, 4) is 11.8 Å². The molecule has 3 N–H and O–H groups in total. The van der Waals surface area contributed by atoms with Gasteiger partial charge in [0.1, 0.15) is 0 Å². The Kier molecular flexibility index (Phi) is 6.84. The molecule has 2 bridgehead atoms. The first-order chi connectivity index (χ1) is 15.7. The van der Waals surface area contributed by atoms with E-state index in [9.17, 15) is 41.7 Å². The molecule has 35 heavy (non-hydrogen) atoms. The maximum absolute atomic E-state index is 12.9. The molecule has 7 atom stereocenters. The van der Waals surface area contributed by atoms with Crippen LogP contribution >= 0.6 is 0 Å². The summed E-state index contributed by atoms with van der Waals surface area (Å²) < 4.78 is 77.4. The molecule has 3 rings (SSSR count). The van der Waals surface area contributed by atoms with Gasteiger partial charge in [-0.15, -0.1) is 0 Å². The summed E-state index contributed by atoms with van der Waals surface area (Å²) >= 11 is 0. The van der Waals surface area contributed by atoms with Crippen LogP contribution in [0, 0.1) is 46.3 Å². The van der Waals surface area contributed by atoms with E-state index in [-0.39, 0.29) is 41.9 Å². The molecule has 3 saturated carbocycles. The Hall–Kier alpha value is -1.50. The van der Waals surface area contributed by atoms with Gasteiger partial charge < -0.3 is 15.3 Å². The Morgan fingerprint density at radius 2 is 1.69 bits per heavy atom. The first-order valence-corrected chi connectivity index (χ1v) is 11.9. The predicted octanol–water partition coefficient (Wildman–Crippen LogP) is 5.56. The van der Waals surface area contributed by atoms with Crippen molar-refractivity contribution >= 4 is 0 Å². The van der Waals surface area contributed by atoms with E-state index >= 15 is 0 Å². The lowest BCUT2D eigenvalue weighted by atomic mass is 9.50. The maximum atomic E-state index is 12.9. The molecule has 9 heteroatoms. The van der Waals surface area contributed by atoms with Crippen LogP contribution in [0.4, 0.5) is 26.3 Å². The Balaban J connectivity index is 1.74. The Morgan fingerprint density at radius 3 is 2.20 bits per heavy atom. The highest BCUT2D eigenvalue weighted by atomic mass is 19.4. The molecule has 3 fully saturated rings. The van der Waals surface area contributed by atoms with Crippen LogP contribution < -0.4 is 0 Å². The van der Waals surface area contributed by atoms with Crippen LogP contribution in [0.15, 0.2) is 24.3 Å². The summed E-state index contributed by atoms with van der Waals surface area (Å²) in [4.78, 5) is 0. The molecule has 0 radical (unpaired) electrons. The summed E-state index contributed by atoms with van der Waals surface area (Å²) in [6.07, 6.45) is -6.38. The van der Waals surface area contributed by atoms with E-state index in [0.29, 0.717) is 12.8 Å². The fourth-order valence-electron chi connectivity index (χ4n) is 6.47. The molecule has 0 heterocycles. The lowest BCUT2D eigenvalue weighted by molar-refractivity contribution is -0.343. The Labute approximate surface area is 202 Å². The summed E-state index contributed by atoms with van der Waals surface area (Å²) in [5.74, 6) is 2.67. The van der Waals surface area contributed by atoms with E-state index in [1.807, 2.05) is 32.8 Å². The van der Waals surface area contributed by atoms with Gasteiger partial charge in [0.15, 0.2) is 0 Å². The highest BCUT2D eigenvalue weighted by Gasteiger charge is 2.70. The van der Waals surface area contributed by atoms with Gasteiger partial charge in [0.25, 0.3) is 0 Å². The number of hydrogen-bond acceptors (Lipinski definition) is 3. The quantitative estimate of drug-likeness (QED) is 0.265. The van der Waals surface area contributed by atoms with E-state index in [2.05, 4.69) is 12.7 Å². The summed E-state index contributed by atoms with van der Waals surface area (Å²) in [6, 6.07) is 0. The van der Waals surface area contributed by atoms with Gasteiger partial charge in [-0.2, -0.15) is 26.3 Å². The number of halogens is 6. The van der Waals surface area contributed by atoms with Crippen LogP contribution in [-0.4, -0.2) is 45.0 Å². The SMILES string of the molecule is C=C1C2C[C@@H](O)C[C@]1(O)C2C=C[C@@H]1CC[C@](C)([C@H](C)CC#CC(O)(C(F)(F)F)C(F)(F)F)C1(C)C. The molecule has 0 aliphatic heterocycles. The minimum Gasteiger partial charge on any atom is -0.393 e. The van der Waals surface area contributed by atoms with E-state index in [0.717, 1.165) is 17.9 Å². The fourth-order valence-corrected chi connectivity index (χ4v) is 6.47. The normalized spacial score (nSPS) is 38.1. The van der Waals surface area contributed by atoms with Gasteiger partial charge in [0.05, 0.1) is 11.7 Å². The van der Waals surface area contributed by atoms with Crippen LogP contribution in [0.3, 0.4) is 0 Å². The van der Waals surface area contributed by atoms with Crippen LogP contribution in [0.2, 0.25) is 0 Å². The second-order valence-corrected chi connectivity index (χ2v) is 11.5. The van der Waals surface area contributed by atoms with Crippen molar-refractivity contribution in [2.24, 2.45) is 34.5 Å². The zero-order valence-corrected chi connectivity index (χ0v) is 20.4. The van der Waals surface area contributed by atoms with Crippen LogP contribution in [0.1, 0.15) is 59.8 Å². The van der Waals surface area contributed by atoms with Gasteiger partial charge in [-0.05, 0) is 59.3 Å². The van der Waals surface area contributed by atoms with E-state index in [1.54, 1.807) is 6.92 Å². The topological polar surface area (TPSA) is 60.7 Å². The minimum absolute atomic E-state index is 0.0195. The summed E-state index contributed by atoms with van der Waals surface area (Å²) in [6.45, 7) is 11.7. The molecule has 0 aromatic heterocycles. The fraction of sp³-hybridized carbons (Fsp3) is 0.769. The Morgan fingerprint density at radius 1 is 1.11 bits per heavy atom. The second-order valence-electron chi connectivity index (χ2n) is 11.5. The molecule has 3 aliphatic rings. The lowest BCUT2D eigenvalue weighted by Crippen LogP contribution is -2.61. The molecular weight excluding hydrogens is 474 g/mol. The standard InChI is InChI=1S/C26H34F6O3/c1-15(7-6-11-24(35,25(27,28)29)26(30,31)32)22(5)12-10-17(21(22,3)4)8-9-20-19-13-18(33)14-23(20,34)16(19)2/h8-9,15,17-20,33-35H,2,7,10,12-14H2,1,3-5H3/t15-,17-,18-,19?,20?,22-,23-/m1/s1. The van der Waals surface area contributed by atoms with Crippen molar-refractivity contribution in [1.82, 2.24) is 0 Å². The van der Waals surface area contributed by atoms with Gasteiger partial charge in [-0.25, -0.2) is 0 Å². The number of hydrogen-bond donors (Lipinski definition) is 3. The second kappa shape index (κ2) is 8.53. The molecule has 0 amide bonds. The molecule has 0 spiro atoms. The van der Waals surface area contributed by atoms with Crippen molar-refractivity contribution in [3.63, 3.8) is 0 Å². The van der Waals surface area contributed by atoms with E-state index < -0.39 is 35.1 Å². The molecule has 3 nitrogen and oxygen atoms in total. The van der Waals surface area contributed by atoms with Crippen molar-refractivity contribution < 1.29 is 41.7 Å². The number of alkyl halides is 6. The predicted molar refractivity (Wildman–Crippen MR) is 119 cm³/mol. The molecular formula is C26H34F6O3. The number of aliphatic hydroxyl groups excluding tert-OH is 1. The average molecular weight is 509 g/mol. The molecule has 0 saturated heterocycles. The van der Waals surface area contributed by atoms with Crippen molar-refractivity contribution in [2.45, 2.75) is 89.5 Å². The highest BCUT2D eigenvalue weighted by Crippen LogP contribution is 2.62. The van der Waals surface area contributed by atoms with Gasteiger partial charge in [0, 0.05) is 18.8 Å². The lowest BCUT2D eigenvalue weighted by Gasteiger charge is -2.58. The van der Waals surface area contributed by atoms with Gasteiger partial charge in [-0.1, -0.05) is 52.3 Å². The average Bonchev–Trinajstić information content (AvgIpc) is 2.94. The molecule has 0 aromatic carbocycles. The smallest absolute Gasteiger partial charge is 0.393 e. The zero-order chi connectivity index (χ0) is 26.8. The van der Waals surface area contributed by atoms with Gasteiger partial charge in [0.2, 0.25) is 0 Å². The van der Waals surface area contributed by atoms with Crippen LogP contribution in [-0.2, 0) is 0 Å². The largest absolute Gasteiger partial charge is 0.438 e. The van der Waals surface area contributed by atoms with E-state index in [1.165, 1.54) is 0 Å². The number of rotatable bonds is 4. The third-order valence-electron chi connectivity index (χ3n) is 9.57. The Bertz CT molecular complexity index is 925. The zero-order valence-electron chi connectivity index (χ0n) is 20.4. The van der Waals surface area contributed by atoms with Crippen LogP contribution in [0.25, 0.3) is 0 Å². The first kappa shape index (κ1) is 28.1. The molecule has 3 aliphatic carbocycles. The number of aliphatic hydroxyl groups is 3. The van der Waals surface area contributed by atoms with Gasteiger partial charge in [-0.3, -0.25) is 0 Å². The maximum Gasteiger partial charge on any atom is 0.438 e. The first-order valence-electron chi connectivity index (χ1n) is 11.9. The third kappa shape index (κ3) is 4.23. The molecule has 2 unspecified atom stereocenters. The van der Waals surface area contributed by atoms with Gasteiger partial charge >= 0.3 is 18.0 Å². The van der Waals surface area contributed by atoms with Crippen molar-refractivity contribution in [2.75, 3.05) is 0 Å². The number of fused-ring (bicyclic) bond motifs is 2. The summed E-state index contributed by atoms with van der Waals surface area (Å²) in [5, 5.41) is 30.1. The van der Waals surface area contributed by atoms with Crippen molar-refractivity contribution in [3.05, 3.63) is 24.3 Å². The molecule has 0 aromatic rings. The highest BCUT2D eigenvalue weighted by molar-refractivity contribution is 5.37. The van der Waals surface area contributed by atoms with Crippen LogP contribution in [0.5, 0.6) is 0 Å². The summed E-state index contributed by atoms with van der Waals surface area (Å²) in [7, 11) is 0. The van der Waals surface area contributed by atoms with Crippen molar-refractivity contribution in [1.29, 1.82) is 0 Å². The molecule has 198 valence electrons. The van der Waals surface area contributed by atoms with E-state index in [4.69, 9.17) is 0 Å². The summed E-state index contributed by atoms with van der Waals surface area (Å²) in [5.41, 5.74) is -6.21. The minimum atomic E-state index is -5.96. The number of allylic oxidation sites excluding steroid dienone is 1.